The first-order valence-corrected chi connectivity index (χ1v) is 8.35. The molecule has 4 rings (SSSR count). The van der Waals surface area contributed by atoms with Gasteiger partial charge in [-0.2, -0.15) is 0 Å². The number of aromatic nitrogens is 3. The lowest BCUT2D eigenvalue weighted by Gasteiger charge is -2.23. The van der Waals surface area contributed by atoms with E-state index in [1.54, 1.807) is 18.5 Å². The van der Waals surface area contributed by atoms with Gasteiger partial charge >= 0.3 is 0 Å². The van der Waals surface area contributed by atoms with Gasteiger partial charge in [-0.15, -0.1) is 0 Å². The quantitative estimate of drug-likeness (QED) is 0.533. The van der Waals surface area contributed by atoms with E-state index in [0.29, 0.717) is 18.2 Å². The van der Waals surface area contributed by atoms with Crippen molar-refractivity contribution < 1.29 is 4.39 Å². The third-order valence-corrected chi connectivity index (χ3v) is 4.16. The van der Waals surface area contributed by atoms with E-state index in [1.165, 1.54) is 17.7 Å². The molecule has 0 saturated heterocycles. The van der Waals surface area contributed by atoms with Crippen LogP contribution >= 0.6 is 0 Å². The van der Waals surface area contributed by atoms with Gasteiger partial charge in [0.15, 0.2) is 0 Å². The minimum Gasteiger partial charge on any atom is -0.306 e. The van der Waals surface area contributed by atoms with Crippen LogP contribution in [0.5, 0.6) is 0 Å². The molecule has 0 aliphatic heterocycles. The lowest BCUT2D eigenvalue weighted by Crippen LogP contribution is -2.19. The second-order valence-electron chi connectivity index (χ2n) is 6.13. The summed E-state index contributed by atoms with van der Waals surface area (Å²) >= 11 is 0. The molecule has 26 heavy (non-hydrogen) atoms. The van der Waals surface area contributed by atoms with Gasteiger partial charge in [-0.05, 0) is 42.8 Å². The average molecular weight is 344 g/mol. The molecule has 0 unspecified atom stereocenters. The largest absolute Gasteiger partial charge is 0.306 e. The van der Waals surface area contributed by atoms with E-state index in [9.17, 15) is 4.39 Å². The van der Waals surface area contributed by atoms with Gasteiger partial charge in [0, 0.05) is 11.9 Å². The Labute approximate surface area is 151 Å². The fourth-order valence-corrected chi connectivity index (χ4v) is 2.79. The Balaban J connectivity index is 1.79. The molecule has 0 aliphatic carbocycles. The SMILES string of the molecule is Cc1ccc(CN(c2cccc(F)c2)c2ncc3ncccc3n2)cc1. The fraction of sp³-hybridized carbons (Fsp3) is 0.0952. The first-order chi connectivity index (χ1) is 12.7. The summed E-state index contributed by atoms with van der Waals surface area (Å²) in [5.74, 6) is 0.218. The first kappa shape index (κ1) is 16.1. The van der Waals surface area contributed by atoms with Crippen molar-refractivity contribution in [3.63, 3.8) is 0 Å². The van der Waals surface area contributed by atoms with E-state index >= 15 is 0 Å². The van der Waals surface area contributed by atoms with Crippen molar-refractivity contribution in [3.05, 3.63) is 90.0 Å². The molecule has 0 radical (unpaired) electrons. The lowest BCUT2D eigenvalue weighted by atomic mass is 10.1. The number of anilines is 2. The molecule has 0 fully saturated rings. The van der Waals surface area contributed by atoms with Crippen LogP contribution in [0, 0.1) is 12.7 Å². The van der Waals surface area contributed by atoms with Crippen molar-refractivity contribution >= 4 is 22.7 Å². The van der Waals surface area contributed by atoms with Crippen LogP contribution < -0.4 is 4.90 Å². The van der Waals surface area contributed by atoms with Crippen LogP contribution in [0.15, 0.2) is 73.1 Å². The molecule has 2 aromatic carbocycles. The molecule has 4 aromatic rings. The topological polar surface area (TPSA) is 41.9 Å². The highest BCUT2D eigenvalue weighted by molar-refractivity contribution is 5.75. The van der Waals surface area contributed by atoms with E-state index in [1.807, 2.05) is 30.0 Å². The number of hydrogen-bond donors (Lipinski definition) is 0. The highest BCUT2D eigenvalue weighted by atomic mass is 19.1. The number of halogens is 1. The monoisotopic (exact) mass is 344 g/mol. The maximum atomic E-state index is 13.8. The number of pyridine rings is 1. The first-order valence-electron chi connectivity index (χ1n) is 8.35. The molecule has 2 aromatic heterocycles. The second kappa shape index (κ2) is 6.88. The van der Waals surface area contributed by atoms with E-state index in [-0.39, 0.29) is 5.82 Å². The molecule has 0 atom stereocenters. The number of nitrogens with zero attached hydrogens (tertiary/aromatic N) is 4. The lowest BCUT2D eigenvalue weighted by molar-refractivity contribution is 0.627. The van der Waals surface area contributed by atoms with Gasteiger partial charge in [0.1, 0.15) is 11.3 Å². The molecule has 0 saturated carbocycles. The van der Waals surface area contributed by atoms with Gasteiger partial charge < -0.3 is 4.90 Å². The molecular formula is C21H17FN4. The molecule has 2 heterocycles. The van der Waals surface area contributed by atoms with Gasteiger partial charge in [-0.1, -0.05) is 35.9 Å². The maximum Gasteiger partial charge on any atom is 0.230 e. The zero-order chi connectivity index (χ0) is 17.9. The molecule has 4 nitrogen and oxygen atoms in total. The Morgan fingerprint density at radius 3 is 2.58 bits per heavy atom. The van der Waals surface area contributed by atoms with Crippen molar-refractivity contribution in [1.82, 2.24) is 15.0 Å². The van der Waals surface area contributed by atoms with Crippen LogP contribution in [-0.2, 0) is 6.54 Å². The van der Waals surface area contributed by atoms with Gasteiger partial charge in [-0.25, -0.2) is 14.4 Å². The van der Waals surface area contributed by atoms with E-state index in [2.05, 4.69) is 39.2 Å². The average Bonchev–Trinajstić information content (AvgIpc) is 2.67. The number of hydrogen-bond acceptors (Lipinski definition) is 4. The van der Waals surface area contributed by atoms with E-state index in [4.69, 9.17) is 0 Å². The zero-order valence-corrected chi connectivity index (χ0v) is 14.3. The molecule has 0 aliphatic rings. The molecule has 0 spiro atoms. The molecule has 0 amide bonds. The normalized spacial score (nSPS) is 10.8. The Morgan fingerprint density at radius 2 is 1.77 bits per heavy atom. The van der Waals surface area contributed by atoms with Gasteiger partial charge in [0.2, 0.25) is 5.95 Å². The zero-order valence-electron chi connectivity index (χ0n) is 14.3. The van der Waals surface area contributed by atoms with Crippen molar-refractivity contribution in [2.75, 3.05) is 4.90 Å². The Morgan fingerprint density at radius 1 is 0.923 bits per heavy atom. The predicted octanol–water partition coefficient (Wildman–Crippen LogP) is 4.81. The van der Waals surface area contributed by atoms with Crippen LogP contribution in [0.2, 0.25) is 0 Å². The summed E-state index contributed by atoms with van der Waals surface area (Å²) in [6, 6.07) is 18.4. The van der Waals surface area contributed by atoms with Gasteiger partial charge in [-0.3, -0.25) is 4.98 Å². The number of fused-ring (bicyclic) bond motifs is 1. The standard InChI is InChI=1S/C21H17FN4/c1-15-7-9-16(10-8-15)14-26(18-5-2-4-17(22)12-18)21-24-13-20-19(25-21)6-3-11-23-20/h2-13H,14H2,1H3. The molecule has 0 N–H and O–H groups in total. The summed E-state index contributed by atoms with van der Waals surface area (Å²) in [7, 11) is 0. The number of benzene rings is 2. The molecule has 5 heteroatoms. The smallest absolute Gasteiger partial charge is 0.230 e. The Hall–Kier alpha value is -3.34. The number of aryl methyl sites for hydroxylation is 1. The van der Waals surface area contributed by atoms with Gasteiger partial charge in [0.05, 0.1) is 18.3 Å². The van der Waals surface area contributed by atoms with Crippen molar-refractivity contribution in [2.24, 2.45) is 0 Å². The molecule has 128 valence electrons. The summed E-state index contributed by atoms with van der Waals surface area (Å²) in [5.41, 5.74) is 4.47. The minimum atomic E-state index is -0.293. The summed E-state index contributed by atoms with van der Waals surface area (Å²) in [4.78, 5) is 15.2. The molecule has 0 bridgehead atoms. The van der Waals surface area contributed by atoms with Crippen molar-refractivity contribution in [2.45, 2.75) is 13.5 Å². The fourth-order valence-electron chi connectivity index (χ4n) is 2.79. The minimum absolute atomic E-state index is 0.293. The van der Waals surface area contributed by atoms with E-state index < -0.39 is 0 Å². The van der Waals surface area contributed by atoms with Crippen LogP contribution in [0.25, 0.3) is 11.0 Å². The third kappa shape index (κ3) is 3.37. The highest BCUT2D eigenvalue weighted by Gasteiger charge is 2.14. The van der Waals surface area contributed by atoms with Crippen molar-refractivity contribution in [1.29, 1.82) is 0 Å². The Kier molecular flexibility index (Phi) is 4.27. The summed E-state index contributed by atoms with van der Waals surface area (Å²) in [6.45, 7) is 2.59. The van der Waals surface area contributed by atoms with Crippen molar-refractivity contribution in [3.8, 4) is 0 Å². The van der Waals surface area contributed by atoms with Gasteiger partial charge in [0.25, 0.3) is 0 Å². The van der Waals surface area contributed by atoms with Crippen LogP contribution in [-0.4, -0.2) is 15.0 Å². The summed E-state index contributed by atoms with van der Waals surface area (Å²) < 4.78 is 13.8. The Bertz CT molecular complexity index is 1050. The summed E-state index contributed by atoms with van der Waals surface area (Å²) in [6.07, 6.45) is 3.40. The maximum absolute atomic E-state index is 13.8. The second-order valence-corrected chi connectivity index (χ2v) is 6.13. The highest BCUT2D eigenvalue weighted by Crippen LogP contribution is 2.26. The van der Waals surface area contributed by atoms with Crippen LogP contribution in [0.1, 0.15) is 11.1 Å². The van der Waals surface area contributed by atoms with Crippen LogP contribution in [0.4, 0.5) is 16.0 Å². The van der Waals surface area contributed by atoms with E-state index in [0.717, 1.165) is 16.6 Å². The van der Waals surface area contributed by atoms with Crippen LogP contribution in [0.3, 0.4) is 0 Å². The third-order valence-electron chi connectivity index (χ3n) is 4.16. The molecular weight excluding hydrogens is 327 g/mol. The summed E-state index contributed by atoms with van der Waals surface area (Å²) in [5, 5.41) is 0. The number of rotatable bonds is 4. The predicted molar refractivity (Wildman–Crippen MR) is 101 cm³/mol.